The van der Waals surface area contributed by atoms with Crippen LogP contribution in [0, 0.1) is 0 Å². The van der Waals surface area contributed by atoms with Crippen LogP contribution in [0.3, 0.4) is 0 Å². The Labute approximate surface area is 96.3 Å². The number of aromatic nitrogens is 3. The molecule has 0 fully saturated rings. The van der Waals surface area contributed by atoms with Gasteiger partial charge in [0.15, 0.2) is 5.65 Å². The van der Waals surface area contributed by atoms with E-state index in [9.17, 15) is 4.21 Å². The van der Waals surface area contributed by atoms with Crippen molar-refractivity contribution in [2.75, 3.05) is 23.9 Å². The van der Waals surface area contributed by atoms with Crippen LogP contribution >= 0.6 is 0 Å². The molecule has 0 amide bonds. The summed E-state index contributed by atoms with van der Waals surface area (Å²) >= 11 is 0. The summed E-state index contributed by atoms with van der Waals surface area (Å²) in [6.07, 6.45) is 4.43. The minimum Gasteiger partial charge on any atom is -0.353 e. The molecule has 0 saturated carbocycles. The van der Waals surface area contributed by atoms with Crippen molar-refractivity contribution in [1.82, 2.24) is 14.6 Å². The third-order valence-electron chi connectivity index (χ3n) is 2.13. The Kier molecular flexibility index (Phi) is 3.51. The van der Waals surface area contributed by atoms with Crippen molar-refractivity contribution < 1.29 is 4.21 Å². The van der Waals surface area contributed by atoms with Gasteiger partial charge in [0.1, 0.15) is 0 Å². The van der Waals surface area contributed by atoms with E-state index in [1.807, 2.05) is 24.4 Å². The number of rotatable bonds is 5. The van der Waals surface area contributed by atoms with E-state index in [1.54, 1.807) is 10.8 Å². The summed E-state index contributed by atoms with van der Waals surface area (Å²) in [4.78, 5) is 4.29. The second-order valence-electron chi connectivity index (χ2n) is 3.50. The van der Waals surface area contributed by atoms with Crippen LogP contribution in [0.25, 0.3) is 5.65 Å². The van der Waals surface area contributed by atoms with Gasteiger partial charge in [-0.1, -0.05) is 6.07 Å². The molecule has 0 aliphatic carbocycles. The maximum absolute atomic E-state index is 10.8. The quantitative estimate of drug-likeness (QED) is 0.787. The van der Waals surface area contributed by atoms with E-state index in [1.165, 1.54) is 0 Å². The van der Waals surface area contributed by atoms with E-state index in [0.29, 0.717) is 11.7 Å². The maximum atomic E-state index is 10.8. The number of hydrogen-bond acceptors (Lipinski definition) is 4. The van der Waals surface area contributed by atoms with E-state index in [4.69, 9.17) is 0 Å². The molecule has 0 aliphatic rings. The predicted molar refractivity (Wildman–Crippen MR) is 65.0 cm³/mol. The molecule has 6 heteroatoms. The summed E-state index contributed by atoms with van der Waals surface area (Å²) in [5.41, 5.74) is 0.823. The molecule has 86 valence electrons. The zero-order valence-electron chi connectivity index (χ0n) is 9.09. The lowest BCUT2D eigenvalue weighted by atomic mass is 10.5. The van der Waals surface area contributed by atoms with E-state index in [2.05, 4.69) is 15.4 Å². The summed E-state index contributed by atoms with van der Waals surface area (Å²) in [7, 11) is -0.724. The molecule has 0 aliphatic heterocycles. The van der Waals surface area contributed by atoms with E-state index < -0.39 is 10.8 Å². The van der Waals surface area contributed by atoms with Crippen molar-refractivity contribution in [2.24, 2.45) is 0 Å². The lowest BCUT2D eigenvalue weighted by molar-refractivity contribution is 0.685. The van der Waals surface area contributed by atoms with Gasteiger partial charge in [0, 0.05) is 35.5 Å². The van der Waals surface area contributed by atoms with Gasteiger partial charge in [-0.25, -0.2) is 4.52 Å². The third kappa shape index (κ3) is 2.79. The fraction of sp³-hybridized carbons (Fsp3) is 0.400. The molecule has 0 bridgehead atoms. The lowest BCUT2D eigenvalue weighted by Gasteiger charge is -1.99. The van der Waals surface area contributed by atoms with Gasteiger partial charge in [-0.2, -0.15) is 4.98 Å². The largest absolute Gasteiger partial charge is 0.353 e. The maximum Gasteiger partial charge on any atom is 0.243 e. The van der Waals surface area contributed by atoms with Gasteiger partial charge in [-0.15, -0.1) is 5.10 Å². The number of anilines is 1. The molecule has 5 nitrogen and oxygen atoms in total. The van der Waals surface area contributed by atoms with Gasteiger partial charge in [0.25, 0.3) is 0 Å². The molecule has 2 aromatic rings. The van der Waals surface area contributed by atoms with Gasteiger partial charge in [-0.05, 0) is 18.6 Å². The molecule has 0 spiro atoms. The highest BCUT2D eigenvalue weighted by atomic mass is 32.2. The molecule has 2 rings (SSSR count). The summed E-state index contributed by atoms with van der Waals surface area (Å²) < 4.78 is 12.6. The second-order valence-corrected chi connectivity index (χ2v) is 5.05. The Morgan fingerprint density at radius 2 is 2.38 bits per heavy atom. The van der Waals surface area contributed by atoms with E-state index in [-0.39, 0.29) is 0 Å². The first-order valence-electron chi connectivity index (χ1n) is 5.11. The van der Waals surface area contributed by atoms with Gasteiger partial charge in [0.05, 0.1) is 0 Å². The van der Waals surface area contributed by atoms with E-state index >= 15 is 0 Å². The molecule has 16 heavy (non-hydrogen) atoms. The van der Waals surface area contributed by atoms with Crippen LogP contribution in [0.1, 0.15) is 6.42 Å². The highest BCUT2D eigenvalue weighted by Crippen LogP contribution is 2.04. The molecular weight excluding hydrogens is 224 g/mol. The average Bonchev–Trinajstić information content (AvgIpc) is 2.66. The average molecular weight is 238 g/mol. The van der Waals surface area contributed by atoms with Gasteiger partial charge >= 0.3 is 0 Å². The Bertz CT molecular complexity index is 463. The topological polar surface area (TPSA) is 59.3 Å². The van der Waals surface area contributed by atoms with Crippen molar-refractivity contribution >= 4 is 22.4 Å². The molecule has 1 atom stereocenters. The number of nitrogens with zero attached hydrogens (tertiary/aromatic N) is 3. The van der Waals surface area contributed by atoms with Crippen LogP contribution in [0.15, 0.2) is 24.4 Å². The molecule has 0 saturated heterocycles. The standard InChI is InChI=1S/C10H14N4OS/c1-16(15)8-4-6-11-10-12-9-5-2-3-7-14(9)13-10/h2-3,5,7H,4,6,8H2,1H3,(H,11,13). The number of fused-ring (bicyclic) bond motifs is 1. The Morgan fingerprint density at radius 3 is 3.12 bits per heavy atom. The van der Waals surface area contributed by atoms with Crippen LogP contribution in [-0.2, 0) is 10.8 Å². The van der Waals surface area contributed by atoms with Crippen LogP contribution in [0.4, 0.5) is 5.95 Å². The van der Waals surface area contributed by atoms with Crippen LogP contribution in [0.5, 0.6) is 0 Å². The molecule has 2 heterocycles. The minimum absolute atomic E-state index is 0.619. The van der Waals surface area contributed by atoms with Gasteiger partial charge in [-0.3, -0.25) is 4.21 Å². The fourth-order valence-electron chi connectivity index (χ4n) is 1.38. The lowest BCUT2D eigenvalue weighted by Crippen LogP contribution is -2.07. The highest BCUT2D eigenvalue weighted by molar-refractivity contribution is 7.84. The van der Waals surface area contributed by atoms with Crippen LogP contribution < -0.4 is 5.32 Å². The predicted octanol–water partition coefficient (Wildman–Crippen LogP) is 0.910. The fourth-order valence-corrected chi connectivity index (χ4v) is 1.93. The summed E-state index contributed by atoms with van der Waals surface area (Å²) in [6, 6.07) is 5.74. The minimum atomic E-state index is -0.724. The third-order valence-corrected chi connectivity index (χ3v) is 3.00. The monoisotopic (exact) mass is 238 g/mol. The Hall–Kier alpha value is -1.43. The second kappa shape index (κ2) is 5.07. The van der Waals surface area contributed by atoms with Crippen molar-refractivity contribution in [2.45, 2.75) is 6.42 Å². The first-order valence-corrected chi connectivity index (χ1v) is 6.84. The number of nitrogens with one attached hydrogen (secondary N) is 1. The van der Waals surface area contributed by atoms with Crippen LogP contribution in [0.2, 0.25) is 0 Å². The van der Waals surface area contributed by atoms with Gasteiger partial charge < -0.3 is 5.32 Å². The molecule has 0 radical (unpaired) electrons. The van der Waals surface area contributed by atoms with Gasteiger partial charge in [0.2, 0.25) is 5.95 Å². The smallest absolute Gasteiger partial charge is 0.243 e. The highest BCUT2D eigenvalue weighted by Gasteiger charge is 2.01. The summed E-state index contributed by atoms with van der Waals surface area (Å²) in [5, 5.41) is 7.36. The van der Waals surface area contributed by atoms with Crippen molar-refractivity contribution in [3.8, 4) is 0 Å². The SMILES string of the molecule is CS(=O)CCCNc1nc2ccccn2n1. The Balaban J connectivity index is 1.92. The number of hydrogen-bond donors (Lipinski definition) is 1. The van der Waals surface area contributed by atoms with E-state index in [0.717, 1.165) is 18.6 Å². The summed E-state index contributed by atoms with van der Waals surface area (Å²) in [5.74, 6) is 1.33. The van der Waals surface area contributed by atoms with Crippen molar-refractivity contribution in [3.63, 3.8) is 0 Å². The molecular formula is C10H14N4OS. The zero-order chi connectivity index (χ0) is 11.4. The molecule has 1 N–H and O–H groups in total. The zero-order valence-corrected chi connectivity index (χ0v) is 9.91. The van der Waals surface area contributed by atoms with Crippen molar-refractivity contribution in [3.05, 3.63) is 24.4 Å². The molecule has 2 aromatic heterocycles. The van der Waals surface area contributed by atoms with Crippen molar-refractivity contribution in [1.29, 1.82) is 0 Å². The molecule has 1 unspecified atom stereocenters. The number of pyridine rings is 1. The Morgan fingerprint density at radius 1 is 1.50 bits per heavy atom. The van der Waals surface area contributed by atoms with Crippen LogP contribution in [-0.4, -0.2) is 37.4 Å². The first kappa shape index (κ1) is 11.1. The first-order chi connectivity index (χ1) is 7.75. The normalized spacial score (nSPS) is 12.8. The summed E-state index contributed by atoms with van der Waals surface area (Å²) in [6.45, 7) is 0.746. The molecule has 0 aromatic carbocycles.